The third kappa shape index (κ3) is 7.24. The average molecular weight is 408 g/mol. The molecule has 0 bridgehead atoms. The number of alkyl carbamates (subject to hydrolysis) is 1. The standard InChI is InChI=1S/C20H28N2O7/c1-20(2,3)29-19(25)21-16(18(23)24)12-17(13-6-4-5-7-13)28-15-10-8-14(9-11-15)22(26)27/h8-11,13,16-17H,4-7,12H2,1-3H3,(H,21,25)(H,23,24). The number of amides is 1. The monoisotopic (exact) mass is 408 g/mol. The van der Waals surface area contributed by atoms with E-state index in [0.29, 0.717) is 5.75 Å². The molecule has 1 fully saturated rings. The van der Waals surface area contributed by atoms with Crippen LogP contribution in [0.3, 0.4) is 0 Å². The Kier molecular flexibility index (Phi) is 7.41. The molecule has 1 aliphatic rings. The fraction of sp³-hybridized carbons (Fsp3) is 0.600. The molecule has 2 N–H and O–H groups in total. The molecule has 2 rings (SSSR count). The van der Waals surface area contributed by atoms with E-state index in [1.54, 1.807) is 20.8 Å². The van der Waals surface area contributed by atoms with E-state index in [1.165, 1.54) is 24.3 Å². The Morgan fingerprint density at radius 3 is 2.31 bits per heavy atom. The number of nitro benzene ring substituents is 1. The second-order valence-electron chi connectivity index (χ2n) is 8.22. The second-order valence-corrected chi connectivity index (χ2v) is 8.22. The number of carbonyl (C=O) groups is 2. The van der Waals surface area contributed by atoms with Gasteiger partial charge in [0.05, 0.1) is 4.92 Å². The first-order valence-corrected chi connectivity index (χ1v) is 9.68. The number of carbonyl (C=O) groups excluding carboxylic acids is 1. The lowest BCUT2D eigenvalue weighted by Gasteiger charge is -2.28. The van der Waals surface area contributed by atoms with Crippen molar-refractivity contribution < 1.29 is 29.1 Å². The highest BCUT2D eigenvalue weighted by Gasteiger charge is 2.33. The molecule has 2 atom stereocenters. The quantitative estimate of drug-likeness (QED) is 0.493. The zero-order chi connectivity index (χ0) is 21.6. The molecule has 1 aromatic rings. The van der Waals surface area contributed by atoms with E-state index in [9.17, 15) is 24.8 Å². The molecule has 0 heterocycles. The van der Waals surface area contributed by atoms with E-state index < -0.39 is 34.7 Å². The molecule has 0 saturated heterocycles. The van der Waals surface area contributed by atoms with Crippen LogP contribution in [0.2, 0.25) is 0 Å². The van der Waals surface area contributed by atoms with Crippen LogP contribution in [0.15, 0.2) is 24.3 Å². The second kappa shape index (κ2) is 9.58. The third-order valence-electron chi connectivity index (χ3n) is 4.72. The highest BCUT2D eigenvalue weighted by Crippen LogP contribution is 2.32. The third-order valence-corrected chi connectivity index (χ3v) is 4.72. The maximum atomic E-state index is 12.0. The molecule has 2 unspecified atom stereocenters. The van der Waals surface area contributed by atoms with Crippen LogP contribution in [0, 0.1) is 16.0 Å². The Morgan fingerprint density at radius 2 is 1.83 bits per heavy atom. The minimum Gasteiger partial charge on any atom is -0.490 e. The molecular formula is C20H28N2O7. The van der Waals surface area contributed by atoms with Gasteiger partial charge in [-0.1, -0.05) is 12.8 Å². The number of hydrogen-bond donors (Lipinski definition) is 2. The predicted octanol–water partition coefficient (Wildman–Crippen LogP) is 3.90. The van der Waals surface area contributed by atoms with Crippen LogP contribution >= 0.6 is 0 Å². The van der Waals surface area contributed by atoms with Gasteiger partial charge in [-0.2, -0.15) is 0 Å². The number of carboxylic acids is 1. The summed E-state index contributed by atoms with van der Waals surface area (Å²) in [5.41, 5.74) is -0.794. The number of aliphatic carboxylic acids is 1. The molecule has 0 radical (unpaired) electrons. The fourth-order valence-electron chi connectivity index (χ4n) is 3.39. The number of nitro groups is 1. The Bertz CT molecular complexity index is 721. The smallest absolute Gasteiger partial charge is 0.408 e. The van der Waals surface area contributed by atoms with Crippen molar-refractivity contribution in [2.45, 2.75) is 70.6 Å². The van der Waals surface area contributed by atoms with E-state index in [-0.39, 0.29) is 18.0 Å². The summed E-state index contributed by atoms with van der Waals surface area (Å²) in [6.45, 7) is 5.09. The van der Waals surface area contributed by atoms with Crippen molar-refractivity contribution in [3.8, 4) is 5.75 Å². The summed E-state index contributed by atoms with van der Waals surface area (Å²) in [7, 11) is 0. The minimum atomic E-state index is -1.17. The van der Waals surface area contributed by atoms with Gasteiger partial charge in [-0.05, 0) is 51.7 Å². The number of carboxylic acid groups (broad SMARTS) is 1. The molecular weight excluding hydrogens is 380 g/mol. The van der Waals surface area contributed by atoms with Crippen LogP contribution < -0.4 is 10.1 Å². The Hall–Kier alpha value is -2.84. The maximum absolute atomic E-state index is 12.0. The molecule has 0 aromatic heterocycles. The number of hydrogen-bond acceptors (Lipinski definition) is 6. The zero-order valence-corrected chi connectivity index (χ0v) is 16.9. The first-order chi connectivity index (χ1) is 13.5. The van der Waals surface area contributed by atoms with Crippen LogP contribution in [0.4, 0.5) is 10.5 Å². The SMILES string of the molecule is CC(C)(C)OC(=O)NC(CC(Oc1ccc([N+](=O)[O-])cc1)C1CCCC1)C(=O)O. The maximum Gasteiger partial charge on any atom is 0.408 e. The first kappa shape index (κ1) is 22.4. The summed E-state index contributed by atoms with van der Waals surface area (Å²) < 4.78 is 11.2. The van der Waals surface area contributed by atoms with Crippen LogP contribution in [0.25, 0.3) is 0 Å². The van der Waals surface area contributed by atoms with Gasteiger partial charge in [0.1, 0.15) is 23.5 Å². The van der Waals surface area contributed by atoms with Crippen molar-refractivity contribution in [1.29, 1.82) is 0 Å². The first-order valence-electron chi connectivity index (χ1n) is 9.68. The van der Waals surface area contributed by atoms with Gasteiger partial charge in [-0.15, -0.1) is 0 Å². The van der Waals surface area contributed by atoms with Crippen molar-refractivity contribution in [2.75, 3.05) is 0 Å². The lowest BCUT2D eigenvalue weighted by Crippen LogP contribution is -2.46. The van der Waals surface area contributed by atoms with Gasteiger partial charge in [-0.25, -0.2) is 9.59 Å². The van der Waals surface area contributed by atoms with Crippen molar-refractivity contribution >= 4 is 17.7 Å². The van der Waals surface area contributed by atoms with Crippen molar-refractivity contribution in [1.82, 2.24) is 5.32 Å². The molecule has 0 spiro atoms. The summed E-state index contributed by atoms with van der Waals surface area (Å²) in [5.74, 6) is -0.604. The van der Waals surface area contributed by atoms with Gasteiger partial charge in [0.2, 0.25) is 0 Å². The summed E-state index contributed by atoms with van der Waals surface area (Å²) in [4.78, 5) is 34.1. The lowest BCUT2D eigenvalue weighted by molar-refractivity contribution is -0.384. The normalized spacial score (nSPS) is 16.7. The molecule has 0 aliphatic heterocycles. The number of ether oxygens (including phenoxy) is 2. The van der Waals surface area contributed by atoms with E-state index in [0.717, 1.165) is 25.7 Å². The highest BCUT2D eigenvalue weighted by atomic mass is 16.6. The Labute approximate surface area is 169 Å². The Morgan fingerprint density at radius 1 is 1.24 bits per heavy atom. The number of non-ortho nitro benzene ring substituents is 1. The van der Waals surface area contributed by atoms with Crippen LogP contribution in [0.5, 0.6) is 5.75 Å². The summed E-state index contributed by atoms with van der Waals surface area (Å²) in [6, 6.07) is 4.51. The van der Waals surface area contributed by atoms with E-state index in [4.69, 9.17) is 9.47 Å². The van der Waals surface area contributed by atoms with Gasteiger partial charge in [0.15, 0.2) is 0 Å². The Balaban J connectivity index is 2.11. The molecule has 9 heteroatoms. The van der Waals surface area contributed by atoms with Gasteiger partial charge in [-0.3, -0.25) is 10.1 Å². The molecule has 1 aromatic carbocycles. The average Bonchev–Trinajstić information content (AvgIpc) is 3.13. The van der Waals surface area contributed by atoms with Crippen LogP contribution in [0.1, 0.15) is 52.9 Å². The van der Waals surface area contributed by atoms with Gasteiger partial charge < -0.3 is 19.9 Å². The number of nitrogens with one attached hydrogen (secondary N) is 1. The van der Waals surface area contributed by atoms with Crippen molar-refractivity contribution in [3.63, 3.8) is 0 Å². The van der Waals surface area contributed by atoms with Crippen LogP contribution in [-0.4, -0.2) is 39.8 Å². The van der Waals surface area contributed by atoms with E-state index in [1.807, 2.05) is 0 Å². The summed E-state index contributed by atoms with van der Waals surface area (Å²) >= 11 is 0. The minimum absolute atomic E-state index is 0.0511. The largest absolute Gasteiger partial charge is 0.490 e. The molecule has 160 valence electrons. The molecule has 1 amide bonds. The van der Waals surface area contributed by atoms with Crippen molar-refractivity contribution in [2.24, 2.45) is 5.92 Å². The van der Waals surface area contributed by atoms with Gasteiger partial charge in [0.25, 0.3) is 5.69 Å². The number of benzene rings is 1. The zero-order valence-electron chi connectivity index (χ0n) is 16.9. The van der Waals surface area contributed by atoms with Gasteiger partial charge >= 0.3 is 12.1 Å². The predicted molar refractivity (Wildman–Crippen MR) is 105 cm³/mol. The lowest BCUT2D eigenvalue weighted by atomic mass is 9.94. The number of nitrogens with zero attached hydrogens (tertiary/aromatic N) is 1. The summed E-state index contributed by atoms with van der Waals surface area (Å²) in [5, 5.41) is 22.8. The fourth-order valence-corrected chi connectivity index (χ4v) is 3.39. The molecule has 9 nitrogen and oxygen atoms in total. The molecule has 29 heavy (non-hydrogen) atoms. The topological polar surface area (TPSA) is 128 Å². The number of rotatable bonds is 8. The highest BCUT2D eigenvalue weighted by molar-refractivity contribution is 5.80. The molecule has 1 aliphatic carbocycles. The van der Waals surface area contributed by atoms with Crippen molar-refractivity contribution in [3.05, 3.63) is 34.4 Å². The summed E-state index contributed by atoms with van der Waals surface area (Å²) in [6.07, 6.45) is 2.67. The van der Waals surface area contributed by atoms with Gasteiger partial charge in [0, 0.05) is 18.6 Å². The van der Waals surface area contributed by atoms with E-state index >= 15 is 0 Å². The van der Waals surface area contributed by atoms with E-state index in [2.05, 4.69) is 5.32 Å². The molecule has 1 saturated carbocycles. The van der Waals surface area contributed by atoms with Crippen LogP contribution in [-0.2, 0) is 9.53 Å².